The van der Waals surface area contributed by atoms with Crippen molar-refractivity contribution in [3.05, 3.63) is 15.3 Å². The van der Waals surface area contributed by atoms with Crippen LogP contribution in [-0.2, 0) is 4.74 Å². The number of rotatable bonds is 5. The number of alkyl halides is 1. The van der Waals surface area contributed by atoms with Crippen molar-refractivity contribution in [3.63, 3.8) is 0 Å². The summed E-state index contributed by atoms with van der Waals surface area (Å²) in [5.41, 5.74) is -0.942. The van der Waals surface area contributed by atoms with Crippen LogP contribution in [0.3, 0.4) is 0 Å². The lowest BCUT2D eigenvalue weighted by Gasteiger charge is -2.43. The van der Waals surface area contributed by atoms with E-state index in [1.165, 1.54) is 0 Å². The fourth-order valence-corrected chi connectivity index (χ4v) is 7.00. The van der Waals surface area contributed by atoms with Crippen molar-refractivity contribution in [2.24, 2.45) is 0 Å². The molecule has 1 N–H and O–H groups in total. The highest BCUT2D eigenvalue weighted by Gasteiger charge is 2.49. The second-order valence-corrected chi connectivity index (χ2v) is 13.4. The number of hydrogen-bond acceptors (Lipinski definition) is 8. The van der Waals surface area contributed by atoms with Gasteiger partial charge < -0.3 is 24.4 Å². The Morgan fingerprint density at radius 2 is 2.08 bits per heavy atom. The minimum absolute atomic E-state index is 0.0111. The monoisotopic (exact) mass is 643 g/mol. The van der Waals surface area contributed by atoms with E-state index in [1.54, 1.807) is 0 Å². The highest BCUT2D eigenvalue weighted by Crippen LogP contribution is 2.47. The van der Waals surface area contributed by atoms with Gasteiger partial charge in [-0.25, -0.2) is 13.6 Å². The molecule has 0 radical (unpaired) electrons. The quantitative estimate of drug-likeness (QED) is 0.434. The van der Waals surface area contributed by atoms with Gasteiger partial charge in [0.1, 0.15) is 41.3 Å². The summed E-state index contributed by atoms with van der Waals surface area (Å²) in [5.74, 6) is 0.150. The zero-order valence-electron chi connectivity index (χ0n) is 22.7. The van der Waals surface area contributed by atoms with Gasteiger partial charge in [0.05, 0.1) is 21.9 Å². The van der Waals surface area contributed by atoms with Gasteiger partial charge in [0.15, 0.2) is 11.6 Å². The maximum absolute atomic E-state index is 15.6. The van der Waals surface area contributed by atoms with Crippen molar-refractivity contribution in [1.29, 1.82) is 0 Å². The summed E-state index contributed by atoms with van der Waals surface area (Å²) in [6.45, 7) is 7.70. The summed E-state index contributed by atoms with van der Waals surface area (Å²) < 4.78 is 47.5. The molecule has 2 atom stereocenters. The van der Waals surface area contributed by atoms with E-state index in [-0.39, 0.29) is 39.7 Å². The van der Waals surface area contributed by atoms with Crippen molar-refractivity contribution >= 4 is 50.3 Å². The largest absolute Gasteiger partial charge is 0.489 e. The Bertz CT molecular complexity index is 1340. The fourth-order valence-electron chi connectivity index (χ4n) is 6.40. The van der Waals surface area contributed by atoms with Gasteiger partial charge >= 0.3 is 12.1 Å². The summed E-state index contributed by atoms with van der Waals surface area (Å²) in [5, 5.41) is 3.41. The van der Waals surface area contributed by atoms with Crippen LogP contribution in [0, 0.1) is 5.82 Å². The predicted molar refractivity (Wildman–Crippen MR) is 150 cm³/mol. The van der Waals surface area contributed by atoms with Gasteiger partial charge in [-0.1, -0.05) is 11.6 Å². The standard InChI is InChI=1S/C27H33BrClF2N5O4/c1-26(2,3)40-25(37)32-15-9-16(10-15)36-7-8-38-22-17-21(20(31)18(28)19(22)29)33-24(34-23(17)36)39-13-27-5-4-6-35(27)12-14(30)11-27/h14-16H,4-13H2,1-3H3,(H,32,37)/t14-,15?,16?,27+/m1/s1. The van der Waals surface area contributed by atoms with Crippen LogP contribution in [0.5, 0.6) is 11.8 Å². The molecule has 3 aliphatic heterocycles. The number of aromatic nitrogens is 2. The van der Waals surface area contributed by atoms with Crippen LogP contribution in [0.2, 0.25) is 5.02 Å². The molecule has 1 aromatic heterocycles. The highest BCUT2D eigenvalue weighted by atomic mass is 79.9. The number of amides is 1. The Morgan fingerprint density at radius 3 is 2.83 bits per heavy atom. The number of nitrogens with one attached hydrogen (secondary N) is 1. The Morgan fingerprint density at radius 1 is 1.30 bits per heavy atom. The molecule has 6 rings (SSSR count). The van der Waals surface area contributed by atoms with E-state index in [1.807, 2.05) is 20.8 Å². The topological polar surface area (TPSA) is 89.0 Å². The van der Waals surface area contributed by atoms with Gasteiger partial charge in [-0.05, 0) is 68.9 Å². The molecule has 0 bridgehead atoms. The predicted octanol–water partition coefficient (Wildman–Crippen LogP) is 5.39. The minimum Gasteiger partial charge on any atom is -0.489 e. The molecule has 1 amide bonds. The Labute approximate surface area is 245 Å². The maximum atomic E-state index is 15.6. The average molecular weight is 645 g/mol. The minimum atomic E-state index is -0.891. The van der Waals surface area contributed by atoms with E-state index in [0.717, 1.165) is 19.4 Å². The normalized spacial score (nSPS) is 28.1. The molecule has 2 aromatic rings. The second-order valence-electron chi connectivity index (χ2n) is 12.2. The van der Waals surface area contributed by atoms with Crippen LogP contribution in [-0.4, -0.2) is 83.2 Å². The number of benzene rings is 1. The van der Waals surface area contributed by atoms with E-state index >= 15 is 4.39 Å². The zero-order chi connectivity index (χ0) is 28.4. The van der Waals surface area contributed by atoms with Crippen LogP contribution in [0.15, 0.2) is 4.47 Å². The van der Waals surface area contributed by atoms with Crippen molar-refractivity contribution in [2.75, 3.05) is 37.7 Å². The molecule has 4 aliphatic rings. The first-order valence-corrected chi connectivity index (χ1v) is 14.9. The number of ether oxygens (including phenoxy) is 3. The molecular weight excluding hydrogens is 612 g/mol. The van der Waals surface area contributed by atoms with Crippen LogP contribution >= 0.6 is 27.5 Å². The first-order chi connectivity index (χ1) is 18.9. The third kappa shape index (κ3) is 5.04. The summed E-state index contributed by atoms with van der Waals surface area (Å²) in [7, 11) is 0. The van der Waals surface area contributed by atoms with Gasteiger partial charge in [-0.2, -0.15) is 9.97 Å². The van der Waals surface area contributed by atoms with Gasteiger partial charge in [0.25, 0.3) is 0 Å². The summed E-state index contributed by atoms with van der Waals surface area (Å²) in [4.78, 5) is 25.7. The number of halogens is 4. The number of anilines is 1. The van der Waals surface area contributed by atoms with E-state index < -0.39 is 29.2 Å². The average Bonchev–Trinajstić information content (AvgIpc) is 3.30. The van der Waals surface area contributed by atoms with E-state index in [2.05, 4.69) is 36.0 Å². The van der Waals surface area contributed by atoms with Crippen LogP contribution in [0.1, 0.15) is 52.9 Å². The molecule has 0 unspecified atom stereocenters. The van der Waals surface area contributed by atoms with Crippen molar-refractivity contribution < 1.29 is 27.8 Å². The fraction of sp³-hybridized carbons (Fsp3) is 0.667. The molecule has 4 heterocycles. The number of nitrogens with zero attached hydrogens (tertiary/aromatic N) is 4. The van der Waals surface area contributed by atoms with E-state index in [4.69, 9.17) is 30.8 Å². The van der Waals surface area contributed by atoms with E-state index in [9.17, 15) is 9.18 Å². The summed E-state index contributed by atoms with van der Waals surface area (Å²) in [6.07, 6.45) is 2.18. The second kappa shape index (κ2) is 10.3. The molecular formula is C27H33BrClF2N5O4. The Balaban J connectivity index is 1.30. The number of alkyl carbamates (subject to hydrolysis) is 1. The van der Waals surface area contributed by atoms with Crippen LogP contribution in [0.4, 0.5) is 19.4 Å². The molecule has 1 aliphatic carbocycles. The molecule has 40 heavy (non-hydrogen) atoms. The van der Waals surface area contributed by atoms with Gasteiger partial charge in [0, 0.05) is 25.0 Å². The third-order valence-corrected chi connectivity index (χ3v) is 9.58. The summed E-state index contributed by atoms with van der Waals surface area (Å²) in [6, 6.07) is -0.0260. The molecule has 0 spiro atoms. The van der Waals surface area contributed by atoms with Crippen molar-refractivity contribution in [3.8, 4) is 11.8 Å². The van der Waals surface area contributed by atoms with Gasteiger partial charge in [-0.3, -0.25) is 4.90 Å². The SMILES string of the molecule is CC(C)(C)OC(=O)NC1CC(N2CCOc3c(Cl)c(Br)c(F)c4nc(OC[C@@]56CCCN5C[C@H](F)C6)nc2c34)C1. The molecule has 218 valence electrons. The van der Waals surface area contributed by atoms with Crippen molar-refractivity contribution in [2.45, 2.75) is 82.3 Å². The smallest absolute Gasteiger partial charge is 0.407 e. The molecule has 9 nitrogen and oxygen atoms in total. The van der Waals surface area contributed by atoms with E-state index in [0.29, 0.717) is 55.9 Å². The maximum Gasteiger partial charge on any atom is 0.407 e. The zero-order valence-corrected chi connectivity index (χ0v) is 25.1. The molecule has 1 aromatic carbocycles. The molecule has 13 heteroatoms. The lowest BCUT2D eigenvalue weighted by atomic mass is 9.85. The first-order valence-electron chi connectivity index (χ1n) is 13.7. The number of hydrogen-bond donors (Lipinski definition) is 1. The van der Waals surface area contributed by atoms with Crippen LogP contribution in [0.25, 0.3) is 10.9 Å². The third-order valence-electron chi connectivity index (χ3n) is 8.25. The van der Waals surface area contributed by atoms with Gasteiger partial charge in [0.2, 0.25) is 0 Å². The molecule has 2 saturated heterocycles. The Kier molecular flexibility index (Phi) is 7.18. The lowest BCUT2D eigenvalue weighted by molar-refractivity contribution is 0.0470. The first kappa shape index (κ1) is 28.0. The number of fused-ring (bicyclic) bond motifs is 1. The Hall–Kier alpha value is -2.18. The molecule has 3 fully saturated rings. The lowest BCUT2D eigenvalue weighted by Crippen LogP contribution is -2.55. The van der Waals surface area contributed by atoms with Crippen molar-refractivity contribution in [1.82, 2.24) is 20.2 Å². The highest BCUT2D eigenvalue weighted by molar-refractivity contribution is 9.10. The number of carbonyl (C=O) groups is 1. The van der Waals surface area contributed by atoms with Gasteiger partial charge in [-0.15, -0.1) is 0 Å². The summed E-state index contributed by atoms with van der Waals surface area (Å²) >= 11 is 9.75. The number of carbonyl (C=O) groups excluding carboxylic acids is 1. The molecule has 1 saturated carbocycles. The van der Waals surface area contributed by atoms with Crippen LogP contribution < -0.4 is 19.7 Å².